The van der Waals surface area contributed by atoms with E-state index >= 15 is 0 Å². The van der Waals surface area contributed by atoms with E-state index in [9.17, 15) is 15.8 Å². The van der Waals surface area contributed by atoms with Crippen LogP contribution in [0.1, 0.15) is 29.2 Å². The third-order valence-corrected chi connectivity index (χ3v) is 5.14. The molecular weight excluding hydrogens is 356 g/mol. The van der Waals surface area contributed by atoms with E-state index in [0.29, 0.717) is 16.5 Å². The molecule has 0 amide bonds. The fourth-order valence-corrected chi connectivity index (χ4v) is 3.99. The Morgan fingerprint density at radius 3 is 2.28 bits per heavy atom. The summed E-state index contributed by atoms with van der Waals surface area (Å²) in [5.74, 6) is 0. The fourth-order valence-electron chi connectivity index (χ4n) is 3.99. The molecule has 4 heteroatoms. The van der Waals surface area contributed by atoms with Crippen LogP contribution in [0.5, 0.6) is 0 Å². The highest BCUT2D eigenvalue weighted by molar-refractivity contribution is 6.26. The van der Waals surface area contributed by atoms with Crippen LogP contribution in [-0.2, 0) is 0 Å². The monoisotopic (exact) mass is 370 g/mol. The molecule has 134 valence electrons. The van der Waals surface area contributed by atoms with Gasteiger partial charge in [-0.3, -0.25) is 4.99 Å². The normalized spacial score (nSPS) is 10.8. The number of hydrogen-bond donors (Lipinski definition) is 0. The summed E-state index contributed by atoms with van der Waals surface area (Å²) in [4.78, 5) is 4.34. The van der Waals surface area contributed by atoms with Crippen molar-refractivity contribution in [2.24, 2.45) is 4.99 Å². The molecule has 0 aliphatic heterocycles. The van der Waals surface area contributed by atoms with Crippen LogP contribution in [0.3, 0.4) is 0 Å². The maximum atomic E-state index is 9.92. The third kappa shape index (κ3) is 2.47. The van der Waals surface area contributed by atoms with E-state index in [-0.39, 0.29) is 16.7 Å². The molecule has 0 unspecified atom stereocenters. The highest BCUT2D eigenvalue weighted by atomic mass is 14.7. The molecule has 0 spiro atoms. The topological polar surface area (TPSA) is 83.7 Å². The summed E-state index contributed by atoms with van der Waals surface area (Å²) in [5.41, 5.74) is 1.96. The van der Waals surface area contributed by atoms with Crippen molar-refractivity contribution in [2.75, 3.05) is 0 Å². The maximum absolute atomic E-state index is 9.92. The lowest BCUT2D eigenvalue weighted by Gasteiger charge is -2.16. The maximum Gasteiger partial charge on any atom is 0.102 e. The van der Waals surface area contributed by atoms with Gasteiger partial charge in [0.15, 0.2) is 0 Å². The van der Waals surface area contributed by atoms with Crippen LogP contribution in [0.25, 0.3) is 38.4 Å². The average molecular weight is 370 g/mol. The van der Waals surface area contributed by atoms with Crippen LogP contribution in [-0.4, -0.2) is 6.72 Å². The standard InChI is InChI=1S/C25H14N4/c1-3-6-18-20-11-16(12-26)21(13-27)22(14-28)23(20)19-10-9-15-7-4-5-8-17(15)24(19)25(18)29-2/h3-11H,2H2,1H3/b6-3-. The number of hydrogen-bond acceptors (Lipinski definition) is 4. The van der Waals surface area contributed by atoms with E-state index in [1.54, 1.807) is 6.07 Å². The fraction of sp³-hybridized carbons (Fsp3) is 0.0400. The van der Waals surface area contributed by atoms with Crippen molar-refractivity contribution in [1.82, 2.24) is 0 Å². The van der Waals surface area contributed by atoms with Gasteiger partial charge in [-0.15, -0.1) is 0 Å². The SMILES string of the molecule is C=Nc1c(/C=C\C)c2cc(C#N)c(C#N)c(C#N)c2c2ccc3ccccc3c12. The molecule has 4 rings (SSSR count). The summed E-state index contributed by atoms with van der Waals surface area (Å²) in [5, 5.41) is 34.2. The van der Waals surface area contributed by atoms with Crippen molar-refractivity contribution in [2.45, 2.75) is 6.92 Å². The van der Waals surface area contributed by atoms with Crippen LogP contribution in [0, 0.1) is 34.0 Å². The minimum Gasteiger partial charge on any atom is -0.263 e. The van der Waals surface area contributed by atoms with Crippen molar-refractivity contribution < 1.29 is 0 Å². The lowest BCUT2D eigenvalue weighted by Crippen LogP contribution is -1.96. The molecule has 0 heterocycles. The number of aliphatic imine (C=N–C) groups is 1. The second-order valence-electron chi connectivity index (χ2n) is 6.56. The Morgan fingerprint density at radius 1 is 0.862 bits per heavy atom. The molecule has 0 atom stereocenters. The van der Waals surface area contributed by atoms with Crippen LogP contribution in [0.2, 0.25) is 0 Å². The van der Waals surface area contributed by atoms with Gasteiger partial charge >= 0.3 is 0 Å². The highest BCUT2D eigenvalue weighted by Crippen LogP contribution is 2.44. The molecule has 0 radical (unpaired) electrons. The van der Waals surface area contributed by atoms with E-state index in [1.807, 2.05) is 61.5 Å². The van der Waals surface area contributed by atoms with Crippen molar-refractivity contribution >= 4 is 50.8 Å². The highest BCUT2D eigenvalue weighted by Gasteiger charge is 2.21. The summed E-state index contributed by atoms with van der Waals surface area (Å²) in [6.45, 7) is 5.69. The summed E-state index contributed by atoms with van der Waals surface area (Å²) >= 11 is 0. The molecule has 0 aromatic heterocycles. The lowest BCUT2D eigenvalue weighted by atomic mass is 9.86. The molecule has 0 saturated carbocycles. The molecule has 29 heavy (non-hydrogen) atoms. The van der Waals surface area contributed by atoms with E-state index in [1.165, 1.54) is 0 Å². The Bertz CT molecular complexity index is 1500. The molecule has 4 aromatic rings. The Kier molecular flexibility index (Phi) is 4.28. The van der Waals surface area contributed by atoms with E-state index in [4.69, 9.17) is 0 Å². The second kappa shape index (κ2) is 6.93. The van der Waals surface area contributed by atoms with Gasteiger partial charge in [0.25, 0.3) is 0 Å². The minimum atomic E-state index is 0.0997. The summed E-state index contributed by atoms with van der Waals surface area (Å²) in [7, 11) is 0. The van der Waals surface area contributed by atoms with Crippen LogP contribution < -0.4 is 0 Å². The Balaban J connectivity index is 2.48. The van der Waals surface area contributed by atoms with E-state index in [0.717, 1.165) is 27.1 Å². The Labute approximate surface area is 167 Å². The molecule has 0 saturated heterocycles. The van der Waals surface area contributed by atoms with Crippen molar-refractivity contribution in [1.29, 1.82) is 15.8 Å². The molecule has 4 aromatic carbocycles. The first-order chi connectivity index (χ1) is 14.2. The zero-order valence-electron chi connectivity index (χ0n) is 15.7. The van der Waals surface area contributed by atoms with Gasteiger partial charge in [-0.25, -0.2) is 0 Å². The Morgan fingerprint density at radius 2 is 1.62 bits per heavy atom. The quantitative estimate of drug-likeness (QED) is 0.314. The van der Waals surface area contributed by atoms with E-state index < -0.39 is 0 Å². The number of fused-ring (bicyclic) bond motifs is 5. The number of benzene rings is 4. The molecule has 0 N–H and O–H groups in total. The van der Waals surface area contributed by atoms with Crippen molar-refractivity contribution in [3.05, 3.63) is 70.8 Å². The number of rotatable bonds is 2. The minimum absolute atomic E-state index is 0.0997. The van der Waals surface area contributed by atoms with Crippen molar-refractivity contribution in [3.63, 3.8) is 0 Å². The number of allylic oxidation sites excluding steroid dienone is 1. The molecule has 4 nitrogen and oxygen atoms in total. The zero-order chi connectivity index (χ0) is 20.5. The summed E-state index contributed by atoms with van der Waals surface area (Å²) in [6, 6.07) is 19.8. The van der Waals surface area contributed by atoms with Crippen molar-refractivity contribution in [3.8, 4) is 18.2 Å². The van der Waals surface area contributed by atoms with E-state index in [2.05, 4.69) is 23.8 Å². The van der Waals surface area contributed by atoms with Crippen LogP contribution in [0.15, 0.2) is 53.5 Å². The number of nitrogens with zero attached hydrogens (tertiary/aromatic N) is 4. The molecule has 0 aliphatic rings. The van der Waals surface area contributed by atoms with Gasteiger partial charge in [-0.05, 0) is 41.3 Å². The van der Waals surface area contributed by atoms with Gasteiger partial charge in [0.2, 0.25) is 0 Å². The van der Waals surface area contributed by atoms with Crippen LogP contribution >= 0.6 is 0 Å². The van der Waals surface area contributed by atoms with Gasteiger partial charge in [0, 0.05) is 16.3 Å². The largest absolute Gasteiger partial charge is 0.263 e. The first-order valence-corrected chi connectivity index (χ1v) is 8.98. The Hall–Kier alpha value is -4.46. The second-order valence-corrected chi connectivity index (χ2v) is 6.56. The van der Waals surface area contributed by atoms with Gasteiger partial charge in [-0.1, -0.05) is 48.6 Å². The first-order valence-electron chi connectivity index (χ1n) is 8.98. The molecule has 0 bridgehead atoms. The average Bonchev–Trinajstić information content (AvgIpc) is 2.77. The van der Waals surface area contributed by atoms with Gasteiger partial charge < -0.3 is 0 Å². The lowest BCUT2D eigenvalue weighted by molar-refractivity contribution is 1.42. The molecule has 0 fully saturated rings. The van der Waals surface area contributed by atoms with Gasteiger partial charge in [0.1, 0.15) is 18.2 Å². The molecular formula is C25H14N4. The predicted octanol–water partition coefficient (Wildman–Crippen LogP) is 6.13. The van der Waals surface area contributed by atoms with Gasteiger partial charge in [-0.2, -0.15) is 15.8 Å². The third-order valence-electron chi connectivity index (χ3n) is 5.14. The number of nitriles is 3. The smallest absolute Gasteiger partial charge is 0.102 e. The zero-order valence-corrected chi connectivity index (χ0v) is 15.7. The first kappa shape index (κ1) is 17.9. The van der Waals surface area contributed by atoms with Crippen LogP contribution in [0.4, 0.5) is 5.69 Å². The summed E-state index contributed by atoms with van der Waals surface area (Å²) in [6.07, 6.45) is 3.79. The molecule has 0 aliphatic carbocycles. The predicted molar refractivity (Wildman–Crippen MR) is 117 cm³/mol. The van der Waals surface area contributed by atoms with Gasteiger partial charge in [0.05, 0.1) is 22.4 Å². The summed E-state index contributed by atoms with van der Waals surface area (Å²) < 4.78 is 0.